The number of rotatable bonds is 2. The Morgan fingerprint density at radius 1 is 1.33 bits per heavy atom. The lowest BCUT2D eigenvalue weighted by molar-refractivity contribution is 0.607. The summed E-state index contributed by atoms with van der Waals surface area (Å²) in [5.41, 5.74) is 1.20. The van der Waals surface area contributed by atoms with Gasteiger partial charge in [-0.15, -0.1) is 0 Å². The van der Waals surface area contributed by atoms with Gasteiger partial charge < -0.3 is 0 Å². The van der Waals surface area contributed by atoms with Crippen molar-refractivity contribution in [3.63, 3.8) is 0 Å². The molecule has 0 radical (unpaired) electrons. The molecule has 0 fully saturated rings. The van der Waals surface area contributed by atoms with Crippen LogP contribution in [0.3, 0.4) is 0 Å². The molecule has 5 nitrogen and oxygen atoms in total. The fourth-order valence-electron chi connectivity index (χ4n) is 1.29. The maximum Gasteiger partial charge on any atom is 0.229 e. The highest BCUT2D eigenvalue weighted by Crippen LogP contribution is 2.20. The van der Waals surface area contributed by atoms with E-state index in [9.17, 15) is 8.42 Å². The SMILES string of the molecule is CS(=O)(=O)Nc1cccc2ncncc12. The predicted octanol–water partition coefficient (Wildman–Crippen LogP) is 1.00. The molecule has 0 aliphatic heterocycles. The van der Waals surface area contributed by atoms with Crippen LogP contribution in [0.4, 0.5) is 5.69 Å². The van der Waals surface area contributed by atoms with Crippen LogP contribution in [0.15, 0.2) is 30.7 Å². The van der Waals surface area contributed by atoms with Gasteiger partial charge in [0.05, 0.1) is 17.5 Å². The minimum Gasteiger partial charge on any atom is -0.283 e. The number of sulfonamides is 1. The molecule has 0 bridgehead atoms. The van der Waals surface area contributed by atoms with Gasteiger partial charge in [-0.2, -0.15) is 0 Å². The first-order chi connectivity index (χ1) is 7.06. The zero-order chi connectivity index (χ0) is 10.9. The van der Waals surface area contributed by atoms with Crippen molar-refractivity contribution in [1.29, 1.82) is 0 Å². The Labute approximate surface area is 87.2 Å². The number of hydrogen-bond acceptors (Lipinski definition) is 4. The fraction of sp³-hybridized carbons (Fsp3) is 0.111. The minimum atomic E-state index is -3.27. The Kier molecular flexibility index (Phi) is 2.28. The number of aromatic nitrogens is 2. The molecule has 2 rings (SSSR count). The minimum absolute atomic E-state index is 0.496. The van der Waals surface area contributed by atoms with Gasteiger partial charge in [0.15, 0.2) is 0 Å². The van der Waals surface area contributed by atoms with E-state index in [0.29, 0.717) is 16.6 Å². The summed E-state index contributed by atoms with van der Waals surface area (Å²) in [5.74, 6) is 0. The molecule has 1 aromatic carbocycles. The normalized spacial score (nSPS) is 11.5. The second-order valence-corrected chi connectivity index (χ2v) is 4.88. The number of fused-ring (bicyclic) bond motifs is 1. The summed E-state index contributed by atoms with van der Waals surface area (Å²) in [7, 11) is -3.27. The monoisotopic (exact) mass is 223 g/mol. The number of anilines is 1. The number of nitrogens with zero attached hydrogens (tertiary/aromatic N) is 2. The van der Waals surface area contributed by atoms with Crippen LogP contribution in [0.1, 0.15) is 0 Å². The van der Waals surface area contributed by atoms with Gasteiger partial charge in [-0.05, 0) is 12.1 Å². The van der Waals surface area contributed by atoms with Crippen LogP contribution < -0.4 is 4.72 Å². The van der Waals surface area contributed by atoms with Crippen LogP contribution in [0, 0.1) is 0 Å². The Morgan fingerprint density at radius 3 is 2.87 bits per heavy atom. The van der Waals surface area contributed by atoms with E-state index in [4.69, 9.17) is 0 Å². The quantitative estimate of drug-likeness (QED) is 0.824. The maximum absolute atomic E-state index is 11.1. The van der Waals surface area contributed by atoms with Crippen molar-refractivity contribution in [1.82, 2.24) is 9.97 Å². The second-order valence-electron chi connectivity index (χ2n) is 3.14. The smallest absolute Gasteiger partial charge is 0.229 e. The summed E-state index contributed by atoms with van der Waals surface area (Å²) in [6, 6.07) is 5.21. The van der Waals surface area contributed by atoms with Gasteiger partial charge in [-0.1, -0.05) is 6.07 Å². The van der Waals surface area contributed by atoms with Gasteiger partial charge in [0.2, 0.25) is 10.0 Å². The molecule has 15 heavy (non-hydrogen) atoms. The van der Waals surface area contributed by atoms with Crippen LogP contribution in [-0.4, -0.2) is 24.6 Å². The highest BCUT2D eigenvalue weighted by atomic mass is 32.2. The van der Waals surface area contributed by atoms with Gasteiger partial charge in [-0.25, -0.2) is 18.4 Å². The van der Waals surface area contributed by atoms with Gasteiger partial charge >= 0.3 is 0 Å². The van der Waals surface area contributed by atoms with Crippen molar-refractivity contribution in [2.75, 3.05) is 11.0 Å². The molecule has 0 unspecified atom stereocenters. The van der Waals surface area contributed by atoms with Crippen LogP contribution in [0.5, 0.6) is 0 Å². The first-order valence-corrected chi connectivity index (χ1v) is 6.12. The predicted molar refractivity (Wildman–Crippen MR) is 58.0 cm³/mol. The third kappa shape index (κ3) is 2.21. The van der Waals surface area contributed by atoms with E-state index in [1.54, 1.807) is 24.4 Å². The first-order valence-electron chi connectivity index (χ1n) is 4.23. The Bertz CT molecular complexity index is 590. The van der Waals surface area contributed by atoms with E-state index in [0.717, 1.165) is 6.26 Å². The van der Waals surface area contributed by atoms with Crippen molar-refractivity contribution < 1.29 is 8.42 Å². The van der Waals surface area contributed by atoms with Gasteiger partial charge in [-0.3, -0.25) is 4.72 Å². The Hall–Kier alpha value is -1.69. The molecule has 0 amide bonds. The molecule has 1 heterocycles. The molecule has 0 saturated heterocycles. The van der Waals surface area contributed by atoms with Crippen molar-refractivity contribution in [3.8, 4) is 0 Å². The summed E-state index contributed by atoms with van der Waals surface area (Å²) in [6.45, 7) is 0. The zero-order valence-corrected chi connectivity index (χ0v) is 8.82. The van der Waals surface area contributed by atoms with Gasteiger partial charge in [0.25, 0.3) is 0 Å². The van der Waals surface area contributed by atoms with Crippen molar-refractivity contribution in [3.05, 3.63) is 30.7 Å². The third-order valence-electron chi connectivity index (χ3n) is 1.85. The van der Waals surface area contributed by atoms with E-state index >= 15 is 0 Å². The van der Waals surface area contributed by atoms with E-state index in [2.05, 4.69) is 14.7 Å². The second kappa shape index (κ2) is 3.47. The van der Waals surface area contributed by atoms with E-state index in [-0.39, 0.29) is 0 Å². The lowest BCUT2D eigenvalue weighted by atomic mass is 10.2. The van der Waals surface area contributed by atoms with Crippen molar-refractivity contribution in [2.24, 2.45) is 0 Å². The highest BCUT2D eigenvalue weighted by Gasteiger charge is 2.05. The maximum atomic E-state index is 11.1. The number of nitrogens with one attached hydrogen (secondary N) is 1. The first kappa shape index (κ1) is 9.85. The van der Waals surface area contributed by atoms with Crippen molar-refractivity contribution >= 4 is 26.6 Å². The fourth-order valence-corrected chi connectivity index (χ4v) is 1.87. The van der Waals surface area contributed by atoms with E-state index in [1.165, 1.54) is 6.33 Å². The molecule has 78 valence electrons. The summed E-state index contributed by atoms with van der Waals surface area (Å²) in [4.78, 5) is 7.88. The van der Waals surface area contributed by atoms with Crippen LogP contribution in [0.25, 0.3) is 10.9 Å². The van der Waals surface area contributed by atoms with Crippen LogP contribution in [0.2, 0.25) is 0 Å². The average Bonchev–Trinajstić information content (AvgIpc) is 2.16. The molecule has 1 aromatic heterocycles. The molecule has 2 aromatic rings. The van der Waals surface area contributed by atoms with Gasteiger partial charge in [0, 0.05) is 11.6 Å². The highest BCUT2D eigenvalue weighted by molar-refractivity contribution is 7.92. The molecule has 6 heteroatoms. The number of hydrogen-bond donors (Lipinski definition) is 1. The largest absolute Gasteiger partial charge is 0.283 e. The Balaban J connectivity index is 2.61. The zero-order valence-electron chi connectivity index (χ0n) is 8.01. The van der Waals surface area contributed by atoms with E-state index in [1.807, 2.05) is 0 Å². The van der Waals surface area contributed by atoms with Crippen LogP contribution in [-0.2, 0) is 10.0 Å². The molecular weight excluding hydrogens is 214 g/mol. The summed E-state index contributed by atoms with van der Waals surface area (Å²) < 4.78 is 24.6. The topological polar surface area (TPSA) is 72.0 Å². The van der Waals surface area contributed by atoms with Crippen molar-refractivity contribution in [2.45, 2.75) is 0 Å². The molecule has 0 atom stereocenters. The third-order valence-corrected chi connectivity index (χ3v) is 2.44. The molecule has 0 aliphatic carbocycles. The Morgan fingerprint density at radius 2 is 2.13 bits per heavy atom. The van der Waals surface area contributed by atoms with E-state index < -0.39 is 10.0 Å². The molecule has 0 aliphatic rings. The summed E-state index contributed by atoms with van der Waals surface area (Å²) in [5, 5.41) is 0.686. The molecule has 0 saturated carbocycles. The number of benzene rings is 1. The summed E-state index contributed by atoms with van der Waals surface area (Å²) >= 11 is 0. The lowest BCUT2D eigenvalue weighted by Gasteiger charge is -2.06. The molecular formula is C9H9N3O2S. The van der Waals surface area contributed by atoms with Crippen LogP contribution >= 0.6 is 0 Å². The molecule has 0 spiro atoms. The average molecular weight is 223 g/mol. The molecule has 1 N–H and O–H groups in total. The summed E-state index contributed by atoms with van der Waals surface area (Å²) in [6.07, 6.45) is 4.11. The lowest BCUT2D eigenvalue weighted by Crippen LogP contribution is -2.09. The standard InChI is InChI=1S/C9H9N3O2S/c1-15(13,14)12-9-4-2-3-8-7(9)5-10-6-11-8/h2-6,12H,1H3. The van der Waals surface area contributed by atoms with Gasteiger partial charge in [0.1, 0.15) is 6.33 Å².